The topological polar surface area (TPSA) is 30.9 Å². The van der Waals surface area contributed by atoms with Crippen LogP contribution in [0.4, 0.5) is 5.69 Å². The Bertz CT molecular complexity index is 502. The third-order valence-corrected chi connectivity index (χ3v) is 4.13. The van der Waals surface area contributed by atoms with Crippen LogP contribution in [0.15, 0.2) is 29.3 Å². The molecule has 1 aliphatic rings. The van der Waals surface area contributed by atoms with Gasteiger partial charge < -0.3 is 15.1 Å². The average molecular weight is 430 g/mol. The minimum absolute atomic E-state index is 0. The first kappa shape index (κ1) is 20.1. The molecule has 1 atom stereocenters. The Kier molecular flexibility index (Phi) is 8.73. The summed E-state index contributed by atoms with van der Waals surface area (Å²) in [5.41, 5.74) is 2.48. The molecule has 1 N–H and O–H groups in total. The van der Waals surface area contributed by atoms with E-state index in [-0.39, 0.29) is 24.0 Å². The lowest BCUT2D eigenvalue weighted by molar-refractivity contribution is 0.266. The number of rotatable bonds is 4. The molecule has 23 heavy (non-hydrogen) atoms. The summed E-state index contributed by atoms with van der Waals surface area (Å²) in [6, 6.07) is 8.60. The van der Waals surface area contributed by atoms with Crippen molar-refractivity contribution in [3.8, 4) is 0 Å². The highest BCUT2D eigenvalue weighted by Crippen LogP contribution is 2.17. The number of benzene rings is 1. The molecule has 130 valence electrons. The number of nitrogens with one attached hydrogen (secondary N) is 1. The molecule has 1 heterocycles. The molecule has 0 saturated carbocycles. The van der Waals surface area contributed by atoms with Crippen LogP contribution < -0.4 is 10.2 Å². The Balaban J connectivity index is 0.00000264. The van der Waals surface area contributed by atoms with Gasteiger partial charge >= 0.3 is 0 Å². The predicted octanol–water partition coefficient (Wildman–Crippen LogP) is 3.57. The Hall–Kier alpha value is -0.980. The van der Waals surface area contributed by atoms with Crippen molar-refractivity contribution in [2.24, 2.45) is 10.9 Å². The molecule has 5 heteroatoms. The van der Waals surface area contributed by atoms with Gasteiger partial charge in [0.2, 0.25) is 0 Å². The van der Waals surface area contributed by atoms with E-state index in [1.807, 2.05) is 0 Å². The normalized spacial score (nSPS) is 18.3. The second-order valence-electron chi connectivity index (χ2n) is 6.43. The molecule has 1 aliphatic heterocycles. The molecular formula is C18H31IN4. The van der Waals surface area contributed by atoms with Gasteiger partial charge in [-0.15, -0.1) is 24.0 Å². The lowest BCUT2D eigenvalue weighted by atomic mass is 10.0. The standard InChI is InChI=1S/C18H30N4.HI/c1-5-19-18(22-11-7-8-15(2)14-22)20-13-16-9-6-10-17(12-16)21(3)4;/h6,9-10,12,15H,5,7-8,11,13-14H2,1-4H3,(H,19,20);1H. The van der Waals surface area contributed by atoms with E-state index in [0.29, 0.717) is 0 Å². The second-order valence-corrected chi connectivity index (χ2v) is 6.43. The summed E-state index contributed by atoms with van der Waals surface area (Å²) < 4.78 is 0. The van der Waals surface area contributed by atoms with Gasteiger partial charge in [-0.05, 0) is 43.4 Å². The first-order valence-electron chi connectivity index (χ1n) is 8.39. The van der Waals surface area contributed by atoms with Crippen molar-refractivity contribution in [3.05, 3.63) is 29.8 Å². The van der Waals surface area contributed by atoms with E-state index in [2.05, 4.69) is 67.3 Å². The Morgan fingerprint density at radius 1 is 1.39 bits per heavy atom. The number of hydrogen-bond acceptors (Lipinski definition) is 2. The number of likely N-dealkylation sites (tertiary alicyclic amines) is 1. The van der Waals surface area contributed by atoms with Crippen LogP contribution in [0.5, 0.6) is 0 Å². The number of nitrogens with zero attached hydrogens (tertiary/aromatic N) is 3. The van der Waals surface area contributed by atoms with Crippen molar-refractivity contribution >= 4 is 35.6 Å². The summed E-state index contributed by atoms with van der Waals surface area (Å²) in [6.07, 6.45) is 2.60. The molecule has 0 aromatic heterocycles. The summed E-state index contributed by atoms with van der Waals surface area (Å²) in [5.74, 6) is 1.82. The fraction of sp³-hybridized carbons (Fsp3) is 0.611. The number of halogens is 1. The van der Waals surface area contributed by atoms with E-state index >= 15 is 0 Å². The fourth-order valence-corrected chi connectivity index (χ4v) is 2.91. The molecule has 4 nitrogen and oxygen atoms in total. The maximum atomic E-state index is 4.86. The van der Waals surface area contributed by atoms with E-state index < -0.39 is 0 Å². The van der Waals surface area contributed by atoms with Crippen molar-refractivity contribution in [1.82, 2.24) is 10.2 Å². The molecule has 0 bridgehead atoms. The summed E-state index contributed by atoms with van der Waals surface area (Å²) in [6.45, 7) is 8.35. The number of guanidine groups is 1. The SMILES string of the molecule is CCNC(=NCc1cccc(N(C)C)c1)N1CCCC(C)C1.I. The van der Waals surface area contributed by atoms with Crippen molar-refractivity contribution < 1.29 is 0 Å². The van der Waals surface area contributed by atoms with Gasteiger partial charge in [-0.2, -0.15) is 0 Å². The van der Waals surface area contributed by atoms with Crippen LogP contribution >= 0.6 is 24.0 Å². The van der Waals surface area contributed by atoms with E-state index in [4.69, 9.17) is 4.99 Å². The molecule has 0 radical (unpaired) electrons. The van der Waals surface area contributed by atoms with Gasteiger partial charge in [0.15, 0.2) is 5.96 Å². The monoisotopic (exact) mass is 430 g/mol. The Morgan fingerprint density at radius 2 is 2.17 bits per heavy atom. The maximum Gasteiger partial charge on any atom is 0.194 e. The number of anilines is 1. The van der Waals surface area contributed by atoms with Gasteiger partial charge in [0.25, 0.3) is 0 Å². The number of piperidine rings is 1. The number of hydrogen-bond donors (Lipinski definition) is 1. The summed E-state index contributed by atoms with van der Waals surface area (Å²) in [5, 5.41) is 3.45. The summed E-state index contributed by atoms with van der Waals surface area (Å²) in [7, 11) is 4.14. The first-order valence-corrected chi connectivity index (χ1v) is 8.39. The first-order chi connectivity index (χ1) is 10.6. The highest BCUT2D eigenvalue weighted by Gasteiger charge is 2.18. The van der Waals surface area contributed by atoms with Gasteiger partial charge in [0, 0.05) is 39.4 Å². The average Bonchev–Trinajstić information content (AvgIpc) is 2.51. The van der Waals surface area contributed by atoms with Crippen molar-refractivity contribution in [2.75, 3.05) is 38.6 Å². The van der Waals surface area contributed by atoms with E-state index in [9.17, 15) is 0 Å². The van der Waals surface area contributed by atoms with E-state index in [1.54, 1.807) is 0 Å². The van der Waals surface area contributed by atoms with Crippen molar-refractivity contribution in [2.45, 2.75) is 33.2 Å². The van der Waals surface area contributed by atoms with Crippen LogP contribution in [0.1, 0.15) is 32.3 Å². The van der Waals surface area contributed by atoms with E-state index in [1.165, 1.54) is 24.1 Å². The summed E-state index contributed by atoms with van der Waals surface area (Å²) in [4.78, 5) is 9.40. The van der Waals surface area contributed by atoms with Gasteiger partial charge in [-0.25, -0.2) is 4.99 Å². The third kappa shape index (κ3) is 6.20. The largest absolute Gasteiger partial charge is 0.378 e. The second kappa shape index (κ2) is 10.0. The third-order valence-electron chi connectivity index (χ3n) is 4.13. The lowest BCUT2D eigenvalue weighted by Crippen LogP contribution is -2.46. The molecule has 1 fully saturated rings. The molecule has 0 amide bonds. The van der Waals surface area contributed by atoms with Gasteiger partial charge in [-0.3, -0.25) is 0 Å². The van der Waals surface area contributed by atoms with Crippen molar-refractivity contribution in [1.29, 1.82) is 0 Å². The molecule has 1 unspecified atom stereocenters. The zero-order valence-electron chi connectivity index (χ0n) is 14.9. The smallest absolute Gasteiger partial charge is 0.194 e. The van der Waals surface area contributed by atoms with Crippen molar-refractivity contribution in [3.63, 3.8) is 0 Å². The Labute approximate surface area is 158 Å². The van der Waals surface area contributed by atoms with Crippen LogP contribution in [0.2, 0.25) is 0 Å². The molecule has 0 spiro atoms. The van der Waals surface area contributed by atoms with Crippen LogP contribution in [-0.2, 0) is 6.54 Å². The Morgan fingerprint density at radius 3 is 2.83 bits per heavy atom. The van der Waals surface area contributed by atoms with E-state index in [0.717, 1.165) is 38.1 Å². The molecule has 1 aromatic rings. The minimum Gasteiger partial charge on any atom is -0.378 e. The van der Waals surface area contributed by atoms with Crippen LogP contribution in [0, 0.1) is 5.92 Å². The zero-order chi connectivity index (χ0) is 15.9. The minimum atomic E-state index is 0. The van der Waals surface area contributed by atoms with Gasteiger partial charge in [-0.1, -0.05) is 19.1 Å². The molecule has 0 aliphatic carbocycles. The quantitative estimate of drug-likeness (QED) is 0.450. The highest BCUT2D eigenvalue weighted by molar-refractivity contribution is 14.0. The molecule has 1 aromatic carbocycles. The molecular weight excluding hydrogens is 399 g/mol. The highest BCUT2D eigenvalue weighted by atomic mass is 127. The fourth-order valence-electron chi connectivity index (χ4n) is 2.91. The zero-order valence-corrected chi connectivity index (χ0v) is 17.2. The molecule has 2 rings (SSSR count). The predicted molar refractivity (Wildman–Crippen MR) is 111 cm³/mol. The maximum absolute atomic E-state index is 4.86. The van der Waals surface area contributed by atoms with Crippen LogP contribution in [0.25, 0.3) is 0 Å². The summed E-state index contributed by atoms with van der Waals surface area (Å²) >= 11 is 0. The number of aliphatic imine (C=N–C) groups is 1. The van der Waals surface area contributed by atoms with Crippen LogP contribution in [-0.4, -0.2) is 44.6 Å². The van der Waals surface area contributed by atoms with Gasteiger partial charge in [0.05, 0.1) is 6.54 Å². The lowest BCUT2D eigenvalue weighted by Gasteiger charge is -2.33. The van der Waals surface area contributed by atoms with Crippen LogP contribution in [0.3, 0.4) is 0 Å². The molecule has 1 saturated heterocycles. The van der Waals surface area contributed by atoms with Gasteiger partial charge in [0.1, 0.15) is 0 Å².